The van der Waals surface area contributed by atoms with E-state index in [2.05, 4.69) is 5.32 Å². The van der Waals surface area contributed by atoms with E-state index in [9.17, 15) is 14.4 Å². The molecule has 1 amide bonds. The lowest BCUT2D eigenvalue weighted by Crippen LogP contribution is -2.40. The normalized spacial score (nSPS) is 24.9. The highest BCUT2D eigenvalue weighted by molar-refractivity contribution is 5.94. The molecule has 2 atom stereocenters. The van der Waals surface area contributed by atoms with Crippen molar-refractivity contribution in [3.05, 3.63) is 29.8 Å². The fourth-order valence-electron chi connectivity index (χ4n) is 3.80. The van der Waals surface area contributed by atoms with Gasteiger partial charge in [0.2, 0.25) is 0 Å². The van der Waals surface area contributed by atoms with Crippen LogP contribution in [0.15, 0.2) is 24.3 Å². The minimum absolute atomic E-state index is 0.0265. The second kappa shape index (κ2) is 7.47. The average molecular weight is 340 g/mol. The van der Waals surface area contributed by atoms with E-state index < -0.39 is 18.5 Å². The monoisotopic (exact) mass is 340 g/mol. The fourth-order valence-corrected chi connectivity index (χ4v) is 3.80. The Morgan fingerprint density at radius 1 is 1.20 bits per heavy atom. The summed E-state index contributed by atoms with van der Waals surface area (Å²) in [6.07, 6.45) is 3.82. The fraction of sp³-hybridized carbons (Fsp3) is 0.474. The highest BCUT2D eigenvalue weighted by atomic mass is 16.5. The minimum Gasteiger partial charge on any atom is -0.455 e. The number of Topliss-reactive ketones (excluding diaryl/α,β-unsaturated/α-hetero) is 1. The Labute approximate surface area is 146 Å². The lowest BCUT2D eigenvalue weighted by molar-refractivity contribution is -0.155. The van der Waals surface area contributed by atoms with Gasteiger partial charge in [-0.25, -0.2) is 0 Å². The van der Waals surface area contributed by atoms with Gasteiger partial charge in [-0.2, -0.15) is 5.26 Å². The molecule has 3 rings (SSSR count). The smallest absolute Gasteiger partial charge is 0.309 e. The molecule has 2 aliphatic carbocycles. The third-order valence-corrected chi connectivity index (χ3v) is 5.05. The van der Waals surface area contributed by atoms with Crippen molar-refractivity contribution in [2.24, 2.45) is 17.8 Å². The topological polar surface area (TPSA) is 96.3 Å². The van der Waals surface area contributed by atoms with Crippen LogP contribution in [-0.2, 0) is 19.1 Å². The van der Waals surface area contributed by atoms with Crippen molar-refractivity contribution in [2.45, 2.75) is 32.1 Å². The van der Waals surface area contributed by atoms with Gasteiger partial charge in [0.05, 0.1) is 17.2 Å². The van der Waals surface area contributed by atoms with Crippen LogP contribution in [0.2, 0.25) is 0 Å². The van der Waals surface area contributed by atoms with E-state index in [1.165, 1.54) is 0 Å². The van der Waals surface area contributed by atoms with E-state index in [1.54, 1.807) is 24.3 Å². The summed E-state index contributed by atoms with van der Waals surface area (Å²) in [5.41, 5.74) is 0.740. The standard InChI is InChI=1S/C19H20N2O4/c20-10-14-4-1-2-7-16(14)21-17(22)11-25-19(24)15-8-12-5-3-6-13(9-15)18(12)23/h1-2,4,7,12-13,15H,3,5-6,8-9,11H2,(H,21,22)/t12-,13-/m1/s1. The van der Waals surface area contributed by atoms with Crippen LogP contribution in [0.4, 0.5) is 5.69 Å². The number of benzene rings is 1. The number of ketones is 1. The zero-order valence-electron chi connectivity index (χ0n) is 13.9. The maximum atomic E-state index is 12.3. The van der Waals surface area contributed by atoms with Gasteiger partial charge in [-0.1, -0.05) is 18.6 Å². The van der Waals surface area contributed by atoms with Crippen molar-refractivity contribution in [2.75, 3.05) is 11.9 Å². The predicted octanol–water partition coefficient (Wildman–Crippen LogP) is 2.44. The molecule has 6 heteroatoms. The van der Waals surface area contributed by atoms with E-state index in [0.717, 1.165) is 19.3 Å². The number of fused-ring (bicyclic) bond motifs is 2. The van der Waals surface area contributed by atoms with E-state index in [4.69, 9.17) is 10.00 Å². The number of carbonyl (C=O) groups is 3. The van der Waals surface area contributed by atoms with Gasteiger partial charge >= 0.3 is 5.97 Å². The van der Waals surface area contributed by atoms with Crippen molar-refractivity contribution < 1.29 is 19.1 Å². The Morgan fingerprint density at radius 2 is 1.88 bits per heavy atom. The molecule has 130 valence electrons. The first-order valence-electron chi connectivity index (χ1n) is 8.58. The third kappa shape index (κ3) is 3.87. The summed E-state index contributed by atoms with van der Waals surface area (Å²) in [5.74, 6) is -0.952. The molecule has 0 unspecified atom stereocenters. The van der Waals surface area contributed by atoms with Gasteiger partial charge in [-0.15, -0.1) is 0 Å². The molecule has 0 aliphatic heterocycles. The van der Waals surface area contributed by atoms with Gasteiger partial charge in [0, 0.05) is 11.8 Å². The highest BCUT2D eigenvalue weighted by Gasteiger charge is 2.41. The summed E-state index contributed by atoms with van der Waals surface area (Å²) in [6, 6.07) is 8.62. The van der Waals surface area contributed by atoms with E-state index in [0.29, 0.717) is 29.9 Å². The highest BCUT2D eigenvalue weighted by Crippen LogP contribution is 2.40. The van der Waals surface area contributed by atoms with Gasteiger partial charge in [0.15, 0.2) is 6.61 Å². The molecule has 25 heavy (non-hydrogen) atoms. The number of hydrogen-bond donors (Lipinski definition) is 1. The lowest BCUT2D eigenvalue weighted by atomic mass is 9.67. The summed E-state index contributed by atoms with van der Waals surface area (Å²) in [4.78, 5) is 36.3. The molecule has 6 nitrogen and oxygen atoms in total. The number of ether oxygens (including phenoxy) is 1. The molecule has 2 bridgehead atoms. The Balaban J connectivity index is 1.51. The van der Waals surface area contributed by atoms with Crippen molar-refractivity contribution in [3.8, 4) is 6.07 Å². The molecular weight excluding hydrogens is 320 g/mol. The predicted molar refractivity (Wildman–Crippen MR) is 89.3 cm³/mol. The molecule has 0 aromatic heterocycles. The van der Waals surface area contributed by atoms with Gasteiger partial charge < -0.3 is 10.1 Å². The lowest BCUT2D eigenvalue weighted by Gasteiger charge is -2.36. The maximum absolute atomic E-state index is 12.3. The number of nitriles is 1. The number of nitrogens with one attached hydrogen (secondary N) is 1. The molecule has 0 radical (unpaired) electrons. The minimum atomic E-state index is -0.483. The van der Waals surface area contributed by atoms with Crippen molar-refractivity contribution >= 4 is 23.3 Å². The molecule has 0 spiro atoms. The number of amides is 1. The van der Waals surface area contributed by atoms with Crippen LogP contribution in [0.3, 0.4) is 0 Å². The first-order chi connectivity index (χ1) is 12.1. The molecule has 0 saturated heterocycles. The van der Waals surface area contributed by atoms with Crippen LogP contribution in [0.25, 0.3) is 0 Å². The molecule has 2 aliphatic rings. The first-order valence-corrected chi connectivity index (χ1v) is 8.58. The summed E-state index contributed by atoms with van der Waals surface area (Å²) >= 11 is 0. The molecule has 2 saturated carbocycles. The zero-order chi connectivity index (χ0) is 17.8. The molecular formula is C19H20N2O4. The van der Waals surface area contributed by atoms with Crippen LogP contribution in [0, 0.1) is 29.1 Å². The second-order valence-electron chi connectivity index (χ2n) is 6.71. The Morgan fingerprint density at radius 3 is 2.56 bits per heavy atom. The SMILES string of the molecule is N#Cc1ccccc1NC(=O)COC(=O)C1C[C@H]2CCC[C@H](C1)C2=O. The third-order valence-electron chi connectivity index (χ3n) is 5.05. The largest absolute Gasteiger partial charge is 0.455 e. The number of esters is 1. The zero-order valence-corrected chi connectivity index (χ0v) is 13.9. The number of nitrogens with zero attached hydrogens (tertiary/aromatic N) is 1. The maximum Gasteiger partial charge on any atom is 0.309 e. The molecule has 0 heterocycles. The van der Waals surface area contributed by atoms with E-state index in [1.807, 2.05) is 6.07 Å². The summed E-state index contributed by atoms with van der Waals surface area (Å²) in [7, 11) is 0. The Hall–Kier alpha value is -2.68. The van der Waals surface area contributed by atoms with Crippen molar-refractivity contribution in [1.82, 2.24) is 0 Å². The summed E-state index contributed by atoms with van der Waals surface area (Å²) < 4.78 is 5.14. The van der Waals surface area contributed by atoms with Crippen LogP contribution in [0.5, 0.6) is 0 Å². The van der Waals surface area contributed by atoms with E-state index >= 15 is 0 Å². The number of carbonyl (C=O) groups excluding carboxylic acids is 3. The van der Waals surface area contributed by atoms with Gasteiger partial charge in [-0.3, -0.25) is 14.4 Å². The van der Waals surface area contributed by atoms with Crippen molar-refractivity contribution in [3.63, 3.8) is 0 Å². The number of hydrogen-bond acceptors (Lipinski definition) is 5. The quantitative estimate of drug-likeness (QED) is 0.849. The van der Waals surface area contributed by atoms with Gasteiger partial charge in [-0.05, 0) is 37.8 Å². The Bertz CT molecular complexity index is 721. The van der Waals surface area contributed by atoms with Crippen molar-refractivity contribution in [1.29, 1.82) is 5.26 Å². The van der Waals surface area contributed by atoms with Crippen LogP contribution in [0.1, 0.15) is 37.7 Å². The Kier molecular flexibility index (Phi) is 5.13. The molecule has 1 aromatic rings. The van der Waals surface area contributed by atoms with Crippen LogP contribution >= 0.6 is 0 Å². The molecule has 1 N–H and O–H groups in total. The summed E-state index contributed by atoms with van der Waals surface area (Å²) in [5, 5.41) is 11.6. The van der Waals surface area contributed by atoms with Crippen LogP contribution in [-0.4, -0.2) is 24.3 Å². The number of anilines is 1. The molecule has 1 aromatic carbocycles. The van der Waals surface area contributed by atoms with Crippen LogP contribution < -0.4 is 5.32 Å². The number of para-hydroxylation sites is 1. The summed E-state index contributed by atoms with van der Waals surface area (Å²) in [6.45, 7) is -0.391. The average Bonchev–Trinajstić information content (AvgIpc) is 2.60. The first kappa shape index (κ1) is 17.2. The van der Waals surface area contributed by atoms with Gasteiger partial charge in [0.1, 0.15) is 11.9 Å². The van der Waals surface area contributed by atoms with E-state index in [-0.39, 0.29) is 17.8 Å². The second-order valence-corrected chi connectivity index (χ2v) is 6.71. The number of rotatable bonds is 4. The molecule has 2 fully saturated rings. The van der Waals surface area contributed by atoms with Gasteiger partial charge in [0.25, 0.3) is 5.91 Å².